The number of thioether (sulfide) groups is 1. The van der Waals surface area contributed by atoms with Gasteiger partial charge >= 0.3 is 0 Å². The van der Waals surface area contributed by atoms with E-state index in [4.69, 9.17) is 0 Å². The second-order valence-corrected chi connectivity index (χ2v) is 6.78. The summed E-state index contributed by atoms with van der Waals surface area (Å²) in [5.41, 5.74) is 0. The SMILES string of the molecule is C[C@H](N=C1NC(=O)C(C)(C)S1)c1cccs1.[HH]. The van der Waals surface area contributed by atoms with E-state index in [9.17, 15) is 4.79 Å². The van der Waals surface area contributed by atoms with Crippen LogP contribution in [0.5, 0.6) is 0 Å². The van der Waals surface area contributed by atoms with E-state index >= 15 is 0 Å². The van der Waals surface area contributed by atoms with Crippen LogP contribution in [0.2, 0.25) is 0 Å². The smallest absolute Gasteiger partial charge is 0.242 e. The lowest BCUT2D eigenvalue weighted by molar-refractivity contribution is -0.120. The van der Waals surface area contributed by atoms with Crippen molar-refractivity contribution < 1.29 is 6.22 Å². The highest BCUT2D eigenvalue weighted by atomic mass is 32.2. The van der Waals surface area contributed by atoms with Crippen LogP contribution in [0.25, 0.3) is 0 Å². The Bertz CT molecular complexity index is 429. The van der Waals surface area contributed by atoms with E-state index in [1.54, 1.807) is 11.3 Å². The third-order valence-electron chi connectivity index (χ3n) is 2.38. The summed E-state index contributed by atoms with van der Waals surface area (Å²) in [6.45, 7) is 5.85. The fourth-order valence-corrected chi connectivity index (χ4v) is 3.09. The van der Waals surface area contributed by atoms with Gasteiger partial charge < -0.3 is 5.32 Å². The zero-order valence-corrected chi connectivity index (χ0v) is 11.1. The Morgan fingerprint density at radius 2 is 2.31 bits per heavy atom. The fourth-order valence-electron chi connectivity index (χ4n) is 1.39. The predicted molar refractivity (Wildman–Crippen MR) is 72.1 cm³/mol. The lowest BCUT2D eigenvalue weighted by Gasteiger charge is -2.09. The van der Waals surface area contributed by atoms with E-state index in [1.807, 2.05) is 32.2 Å². The zero-order valence-electron chi connectivity index (χ0n) is 9.48. The molecule has 2 heterocycles. The van der Waals surface area contributed by atoms with Gasteiger partial charge in [-0.3, -0.25) is 9.79 Å². The summed E-state index contributed by atoms with van der Waals surface area (Å²) in [4.78, 5) is 17.3. The first-order valence-electron chi connectivity index (χ1n) is 5.11. The van der Waals surface area contributed by atoms with Crippen molar-refractivity contribution in [2.24, 2.45) is 4.99 Å². The van der Waals surface area contributed by atoms with Gasteiger partial charge in [-0.1, -0.05) is 17.8 Å². The van der Waals surface area contributed by atoms with Crippen molar-refractivity contribution in [3.8, 4) is 0 Å². The van der Waals surface area contributed by atoms with Gasteiger partial charge in [-0.2, -0.15) is 0 Å². The van der Waals surface area contributed by atoms with Crippen LogP contribution < -0.4 is 5.32 Å². The Morgan fingerprint density at radius 3 is 2.81 bits per heavy atom. The van der Waals surface area contributed by atoms with Gasteiger partial charge in [0.2, 0.25) is 5.91 Å². The topological polar surface area (TPSA) is 41.5 Å². The van der Waals surface area contributed by atoms with Crippen molar-refractivity contribution in [3.05, 3.63) is 22.4 Å². The molecule has 1 fully saturated rings. The Hall–Kier alpha value is -0.810. The minimum Gasteiger partial charge on any atom is -0.304 e. The van der Waals surface area contributed by atoms with Gasteiger partial charge in [0.15, 0.2) is 5.17 Å². The normalized spacial score (nSPS) is 23.4. The van der Waals surface area contributed by atoms with Crippen molar-refractivity contribution in [2.45, 2.75) is 31.6 Å². The number of amides is 1. The molecular weight excluding hydrogens is 240 g/mol. The minimum absolute atomic E-state index is 0. The Morgan fingerprint density at radius 1 is 1.56 bits per heavy atom. The van der Waals surface area contributed by atoms with Gasteiger partial charge in [-0.15, -0.1) is 11.3 Å². The van der Waals surface area contributed by atoms with Crippen LogP contribution in [-0.2, 0) is 4.79 Å². The van der Waals surface area contributed by atoms with E-state index in [2.05, 4.69) is 16.4 Å². The summed E-state index contributed by atoms with van der Waals surface area (Å²) in [5, 5.41) is 5.59. The van der Waals surface area contributed by atoms with E-state index in [1.165, 1.54) is 16.6 Å². The average molecular weight is 256 g/mol. The maximum absolute atomic E-state index is 11.6. The molecule has 3 nitrogen and oxygen atoms in total. The van der Waals surface area contributed by atoms with Crippen molar-refractivity contribution in [3.63, 3.8) is 0 Å². The monoisotopic (exact) mass is 256 g/mol. The molecule has 88 valence electrons. The summed E-state index contributed by atoms with van der Waals surface area (Å²) in [7, 11) is 0. The average Bonchev–Trinajstić information content (AvgIpc) is 2.75. The molecule has 1 atom stereocenters. The van der Waals surface area contributed by atoms with E-state index in [0.29, 0.717) is 0 Å². The first kappa shape index (κ1) is 11.7. The summed E-state index contributed by atoms with van der Waals surface area (Å²) in [6.07, 6.45) is 0. The molecule has 0 aliphatic carbocycles. The highest BCUT2D eigenvalue weighted by molar-refractivity contribution is 8.16. The number of hydrogen-bond acceptors (Lipinski definition) is 4. The molecule has 0 bridgehead atoms. The summed E-state index contributed by atoms with van der Waals surface area (Å²) in [5.74, 6) is 0.0367. The van der Waals surface area contributed by atoms with Gasteiger partial charge in [0, 0.05) is 6.30 Å². The molecule has 0 saturated carbocycles. The van der Waals surface area contributed by atoms with Crippen molar-refractivity contribution in [1.29, 1.82) is 0 Å². The van der Waals surface area contributed by atoms with Crippen LogP contribution >= 0.6 is 23.1 Å². The van der Waals surface area contributed by atoms with E-state index in [-0.39, 0.29) is 13.4 Å². The molecule has 1 aliphatic rings. The summed E-state index contributed by atoms with van der Waals surface area (Å²) >= 11 is 3.18. The lowest BCUT2D eigenvalue weighted by atomic mass is 10.2. The third kappa shape index (κ3) is 2.30. The number of amidine groups is 1. The van der Waals surface area contributed by atoms with E-state index in [0.717, 1.165) is 5.17 Å². The third-order valence-corrected chi connectivity index (χ3v) is 4.52. The molecule has 1 aromatic rings. The Balaban J connectivity index is 0.00000144. The predicted octanol–water partition coefficient (Wildman–Crippen LogP) is 3.05. The number of thiophene rings is 1. The standard InChI is InChI=1S/C11H14N2OS2.H2/c1-7(8-5-4-6-15-8)12-10-13-9(14)11(2,3)16-10;/h4-7H,1-3H3,(H,12,13,14);1H/t7-;/m0./s1. The van der Waals surface area contributed by atoms with Crippen LogP contribution in [0.15, 0.2) is 22.5 Å². The minimum atomic E-state index is -0.395. The molecule has 1 N–H and O–H groups in total. The molecule has 5 heteroatoms. The largest absolute Gasteiger partial charge is 0.304 e. The van der Waals surface area contributed by atoms with Gasteiger partial charge in [0.1, 0.15) is 0 Å². The van der Waals surface area contributed by atoms with Crippen LogP contribution in [0.1, 0.15) is 33.1 Å². The maximum Gasteiger partial charge on any atom is 0.242 e. The first-order chi connectivity index (χ1) is 7.49. The highest BCUT2D eigenvalue weighted by Crippen LogP contribution is 2.32. The summed E-state index contributed by atoms with van der Waals surface area (Å²) < 4.78 is -0.395. The highest BCUT2D eigenvalue weighted by Gasteiger charge is 2.38. The Kier molecular flexibility index (Phi) is 3.08. The van der Waals surface area contributed by atoms with Crippen LogP contribution in [-0.4, -0.2) is 15.8 Å². The molecule has 1 saturated heterocycles. The first-order valence-corrected chi connectivity index (χ1v) is 6.80. The second-order valence-electron chi connectivity index (χ2n) is 4.19. The summed E-state index contributed by atoms with van der Waals surface area (Å²) in [6, 6.07) is 4.18. The lowest BCUT2D eigenvalue weighted by Crippen LogP contribution is -2.30. The number of nitrogens with one attached hydrogen (secondary N) is 1. The molecule has 16 heavy (non-hydrogen) atoms. The second kappa shape index (κ2) is 4.22. The molecular formula is C11H16N2OS2. The molecule has 0 unspecified atom stereocenters. The quantitative estimate of drug-likeness (QED) is 0.883. The fraction of sp³-hybridized carbons (Fsp3) is 0.455. The molecule has 0 radical (unpaired) electrons. The Labute approximate surface area is 105 Å². The number of aliphatic imine (C=N–C) groups is 1. The van der Waals surface area contributed by atoms with Gasteiger partial charge in [-0.05, 0) is 32.2 Å². The van der Waals surface area contributed by atoms with Crippen LogP contribution in [0.3, 0.4) is 0 Å². The number of nitrogens with zero attached hydrogens (tertiary/aromatic N) is 1. The van der Waals surface area contributed by atoms with Crippen molar-refractivity contribution in [2.75, 3.05) is 0 Å². The number of carbonyl (C=O) groups is 1. The van der Waals surface area contributed by atoms with Gasteiger partial charge in [-0.25, -0.2) is 0 Å². The maximum atomic E-state index is 11.6. The number of hydrogen-bond donors (Lipinski definition) is 1. The molecule has 1 aliphatic heterocycles. The molecule has 1 amide bonds. The number of carbonyl (C=O) groups excluding carboxylic acids is 1. The van der Waals surface area contributed by atoms with Gasteiger partial charge in [0.25, 0.3) is 0 Å². The van der Waals surface area contributed by atoms with Crippen LogP contribution in [0, 0.1) is 0 Å². The molecule has 1 aromatic heterocycles. The molecule has 0 spiro atoms. The zero-order chi connectivity index (χ0) is 11.8. The van der Waals surface area contributed by atoms with Crippen LogP contribution in [0.4, 0.5) is 0 Å². The number of rotatable bonds is 2. The van der Waals surface area contributed by atoms with Crippen molar-refractivity contribution >= 4 is 34.2 Å². The molecule has 2 rings (SSSR count). The van der Waals surface area contributed by atoms with Gasteiger partial charge in [0.05, 0.1) is 10.8 Å². The van der Waals surface area contributed by atoms with E-state index < -0.39 is 4.75 Å². The van der Waals surface area contributed by atoms with Crippen molar-refractivity contribution in [1.82, 2.24) is 5.32 Å². The molecule has 0 aromatic carbocycles.